The average Bonchev–Trinajstić information content (AvgIpc) is 3.14. The highest BCUT2D eigenvalue weighted by atomic mass is 19.1. The third-order valence-electron chi connectivity index (χ3n) is 6.32. The van der Waals surface area contributed by atoms with Crippen LogP contribution in [0.2, 0.25) is 0 Å². The Balaban J connectivity index is 1.61. The number of nitrogens with one attached hydrogen (secondary N) is 1. The van der Waals surface area contributed by atoms with Crippen LogP contribution in [-0.2, 0) is 13.6 Å². The molecule has 2 aromatic carbocycles. The summed E-state index contributed by atoms with van der Waals surface area (Å²) >= 11 is 0. The van der Waals surface area contributed by atoms with Crippen LogP contribution >= 0.6 is 0 Å². The van der Waals surface area contributed by atoms with Gasteiger partial charge in [0.1, 0.15) is 5.82 Å². The number of benzene rings is 2. The number of rotatable bonds is 4. The molecule has 2 heterocycles. The molecule has 0 saturated heterocycles. The lowest BCUT2D eigenvalue weighted by molar-refractivity contribution is 0.0928. The van der Waals surface area contributed by atoms with Gasteiger partial charge < -0.3 is 5.32 Å². The van der Waals surface area contributed by atoms with Gasteiger partial charge in [-0.3, -0.25) is 14.2 Å². The predicted octanol–water partition coefficient (Wildman–Crippen LogP) is 2.60. The molecule has 1 N–H and O–H groups in total. The summed E-state index contributed by atoms with van der Waals surface area (Å²) in [5.41, 5.74) is 0.481. The van der Waals surface area contributed by atoms with Crippen molar-refractivity contribution in [1.29, 1.82) is 0 Å². The largest absolute Gasteiger partial charge is 0.352 e. The summed E-state index contributed by atoms with van der Waals surface area (Å²) in [6.07, 6.45) is 5.29. The number of hydrogen-bond acceptors (Lipinski definition) is 4. The highest BCUT2D eigenvalue weighted by Crippen LogP contribution is 2.19. The molecule has 8 nitrogen and oxygen atoms in total. The second-order valence-corrected chi connectivity index (χ2v) is 8.61. The van der Waals surface area contributed by atoms with Gasteiger partial charge in [0.15, 0.2) is 0 Å². The minimum absolute atomic E-state index is 0.0514. The Hall–Kier alpha value is -3.75. The molecule has 0 unspecified atom stereocenters. The molecule has 9 heteroatoms. The van der Waals surface area contributed by atoms with Crippen LogP contribution in [0.3, 0.4) is 0 Å². The van der Waals surface area contributed by atoms with Crippen molar-refractivity contribution >= 4 is 22.6 Å². The van der Waals surface area contributed by atoms with E-state index < -0.39 is 11.5 Å². The summed E-state index contributed by atoms with van der Waals surface area (Å²) in [5.74, 6) is -0.479. The molecule has 170 valence electrons. The molecule has 0 bridgehead atoms. The summed E-state index contributed by atoms with van der Waals surface area (Å²) in [4.78, 5) is 39.0. The van der Waals surface area contributed by atoms with Gasteiger partial charge in [-0.2, -0.15) is 0 Å². The lowest BCUT2D eigenvalue weighted by Gasteiger charge is -2.22. The van der Waals surface area contributed by atoms with Gasteiger partial charge >= 0.3 is 5.69 Å². The van der Waals surface area contributed by atoms with E-state index in [4.69, 9.17) is 0 Å². The monoisotopic (exact) mass is 449 g/mol. The zero-order chi connectivity index (χ0) is 23.1. The van der Waals surface area contributed by atoms with Crippen molar-refractivity contribution in [3.8, 4) is 0 Å². The van der Waals surface area contributed by atoms with Crippen LogP contribution < -0.4 is 16.6 Å². The van der Waals surface area contributed by atoms with Crippen LogP contribution in [0.25, 0.3) is 16.7 Å². The Kier molecular flexibility index (Phi) is 5.32. The van der Waals surface area contributed by atoms with Crippen molar-refractivity contribution in [3.63, 3.8) is 0 Å². The number of aryl methyl sites for hydroxylation is 1. The van der Waals surface area contributed by atoms with Gasteiger partial charge in [0.25, 0.3) is 11.5 Å². The van der Waals surface area contributed by atoms with Crippen molar-refractivity contribution in [2.24, 2.45) is 7.05 Å². The number of hydrogen-bond donors (Lipinski definition) is 1. The molecule has 1 aliphatic carbocycles. The molecule has 0 spiro atoms. The molecule has 33 heavy (non-hydrogen) atoms. The Morgan fingerprint density at radius 1 is 1.12 bits per heavy atom. The Labute approximate surface area is 188 Å². The standard InChI is InChI=1S/C24H24FN5O3/c1-28-22(32)19-11-10-16(21(31)26-18-8-3-2-4-9-18)13-20(19)30-23(28)27-29(24(30)33)14-15-6-5-7-17(25)12-15/h5-7,10-13,18H,2-4,8-9,14H2,1H3,(H,26,31). The van der Waals surface area contributed by atoms with Gasteiger partial charge in [0.2, 0.25) is 5.78 Å². The first-order valence-electron chi connectivity index (χ1n) is 11.1. The second kappa shape index (κ2) is 8.31. The van der Waals surface area contributed by atoms with E-state index in [0.29, 0.717) is 22.0 Å². The van der Waals surface area contributed by atoms with Crippen LogP contribution in [-0.4, -0.2) is 30.7 Å². The third kappa shape index (κ3) is 3.83. The van der Waals surface area contributed by atoms with E-state index in [-0.39, 0.29) is 29.8 Å². The van der Waals surface area contributed by atoms with E-state index >= 15 is 0 Å². The quantitative estimate of drug-likeness (QED) is 0.519. The van der Waals surface area contributed by atoms with Gasteiger partial charge in [0, 0.05) is 18.7 Å². The summed E-state index contributed by atoms with van der Waals surface area (Å²) in [6.45, 7) is 0.0514. The molecule has 4 aromatic rings. The van der Waals surface area contributed by atoms with Gasteiger partial charge in [-0.15, -0.1) is 5.10 Å². The normalized spacial score (nSPS) is 14.7. The average molecular weight is 449 g/mol. The van der Waals surface area contributed by atoms with Crippen LogP contribution in [0, 0.1) is 5.82 Å². The molecule has 2 aromatic heterocycles. The minimum atomic E-state index is -0.473. The molecule has 1 amide bonds. The number of amides is 1. The van der Waals surface area contributed by atoms with Crippen molar-refractivity contribution in [2.75, 3.05) is 0 Å². The van der Waals surface area contributed by atoms with E-state index in [1.165, 1.54) is 32.2 Å². The maximum Gasteiger partial charge on any atom is 0.352 e. The Bertz CT molecular complexity index is 1490. The summed E-state index contributed by atoms with van der Waals surface area (Å²) in [6, 6.07) is 10.8. The molecular weight excluding hydrogens is 425 g/mol. The van der Waals surface area contributed by atoms with Crippen LogP contribution in [0.15, 0.2) is 52.1 Å². The number of nitrogens with zero attached hydrogens (tertiary/aromatic N) is 4. The fraction of sp³-hybridized carbons (Fsp3) is 0.333. The van der Waals surface area contributed by atoms with Crippen LogP contribution in [0.5, 0.6) is 0 Å². The number of carbonyl (C=O) groups excluding carboxylic acids is 1. The van der Waals surface area contributed by atoms with E-state index in [9.17, 15) is 18.8 Å². The van der Waals surface area contributed by atoms with E-state index in [2.05, 4.69) is 10.4 Å². The smallest absolute Gasteiger partial charge is 0.349 e. The van der Waals surface area contributed by atoms with Gasteiger partial charge in [0.05, 0.1) is 17.4 Å². The van der Waals surface area contributed by atoms with Crippen LogP contribution in [0.1, 0.15) is 48.0 Å². The highest BCUT2D eigenvalue weighted by molar-refractivity contribution is 5.98. The maximum absolute atomic E-state index is 13.6. The zero-order valence-electron chi connectivity index (χ0n) is 18.3. The fourth-order valence-corrected chi connectivity index (χ4v) is 4.56. The first-order valence-corrected chi connectivity index (χ1v) is 11.1. The number of halogens is 1. The van der Waals surface area contributed by atoms with Crippen molar-refractivity contribution in [2.45, 2.75) is 44.7 Å². The number of carbonyl (C=O) groups is 1. The molecule has 1 saturated carbocycles. The van der Waals surface area contributed by atoms with Crippen molar-refractivity contribution < 1.29 is 9.18 Å². The second-order valence-electron chi connectivity index (χ2n) is 8.61. The highest BCUT2D eigenvalue weighted by Gasteiger charge is 2.20. The third-order valence-corrected chi connectivity index (χ3v) is 6.32. The number of fused-ring (bicyclic) bond motifs is 3. The maximum atomic E-state index is 13.6. The Morgan fingerprint density at radius 3 is 2.67 bits per heavy atom. The first kappa shape index (κ1) is 21.1. The molecule has 5 rings (SSSR count). The zero-order valence-corrected chi connectivity index (χ0v) is 18.3. The first-order chi connectivity index (χ1) is 15.9. The van der Waals surface area contributed by atoms with Gasteiger partial charge in [-0.25, -0.2) is 18.3 Å². The molecule has 0 aliphatic heterocycles. The summed E-state index contributed by atoms with van der Waals surface area (Å²) in [7, 11) is 1.54. The SMILES string of the molecule is Cn1c(=O)c2ccc(C(=O)NC3CCCCC3)cc2n2c(=O)n(Cc3cccc(F)c3)nc12. The van der Waals surface area contributed by atoms with E-state index in [1.54, 1.807) is 37.4 Å². The lowest BCUT2D eigenvalue weighted by Crippen LogP contribution is -2.36. The minimum Gasteiger partial charge on any atom is -0.349 e. The molecule has 1 fully saturated rings. The van der Waals surface area contributed by atoms with Crippen molar-refractivity contribution in [3.05, 3.63) is 80.2 Å². The molecule has 0 radical (unpaired) electrons. The van der Waals surface area contributed by atoms with Crippen LogP contribution in [0.4, 0.5) is 4.39 Å². The van der Waals surface area contributed by atoms with Gasteiger partial charge in [-0.05, 0) is 48.7 Å². The number of aromatic nitrogens is 4. The topological polar surface area (TPSA) is 90.4 Å². The molecular formula is C24H24FN5O3. The van der Waals surface area contributed by atoms with Crippen molar-refractivity contribution in [1.82, 2.24) is 24.1 Å². The predicted molar refractivity (Wildman–Crippen MR) is 122 cm³/mol. The van der Waals surface area contributed by atoms with E-state index in [1.807, 2.05) is 0 Å². The fourth-order valence-electron chi connectivity index (χ4n) is 4.56. The van der Waals surface area contributed by atoms with E-state index in [0.717, 1.165) is 25.7 Å². The summed E-state index contributed by atoms with van der Waals surface area (Å²) < 4.78 is 17.4. The Morgan fingerprint density at radius 2 is 1.91 bits per heavy atom. The molecule has 0 atom stereocenters. The lowest BCUT2D eigenvalue weighted by atomic mass is 9.95. The molecule has 1 aliphatic rings. The summed E-state index contributed by atoms with van der Waals surface area (Å²) in [5, 5.41) is 7.70. The van der Waals surface area contributed by atoms with Gasteiger partial charge in [-0.1, -0.05) is 31.4 Å².